The quantitative estimate of drug-likeness (QED) is 0.124. The van der Waals surface area contributed by atoms with Crippen LogP contribution in [0.5, 0.6) is 0 Å². The number of nitrogens with zero attached hydrogens (tertiary/aromatic N) is 7. The number of fused-ring (bicyclic) bond motifs is 1. The van der Waals surface area contributed by atoms with E-state index >= 15 is 8.78 Å². The van der Waals surface area contributed by atoms with Gasteiger partial charge in [-0.2, -0.15) is 12.7 Å². The van der Waals surface area contributed by atoms with Gasteiger partial charge in [0.05, 0.1) is 34.0 Å². The molecular weight excluding hydrogens is 874 g/mol. The van der Waals surface area contributed by atoms with Crippen LogP contribution in [0.4, 0.5) is 36.5 Å². The summed E-state index contributed by atoms with van der Waals surface area (Å²) in [6, 6.07) is 11.8. The molecule has 0 atom stereocenters. The second-order valence-electron chi connectivity index (χ2n) is 16.0. The van der Waals surface area contributed by atoms with Crippen molar-refractivity contribution in [1.29, 1.82) is 0 Å². The van der Waals surface area contributed by atoms with Crippen LogP contribution in [-0.4, -0.2) is 126 Å². The van der Waals surface area contributed by atoms with E-state index in [0.717, 1.165) is 22.1 Å². The van der Waals surface area contributed by atoms with Crippen molar-refractivity contribution in [3.63, 3.8) is 0 Å². The van der Waals surface area contributed by atoms with E-state index in [4.69, 9.17) is 11.6 Å². The summed E-state index contributed by atoms with van der Waals surface area (Å²) in [6.45, 7) is 4.80. The third-order valence-corrected chi connectivity index (χ3v) is 13.9. The zero-order chi connectivity index (χ0) is 45.5. The summed E-state index contributed by atoms with van der Waals surface area (Å²) in [5, 5.41) is 14.5. The number of hydrogen-bond donors (Lipinski definition) is 4. The molecule has 0 bridgehead atoms. The Morgan fingerprint density at radius 1 is 0.938 bits per heavy atom. The fraction of sp³-hybridized carbons (Fsp3) is 0.349. The first-order valence-electron chi connectivity index (χ1n) is 20.7. The summed E-state index contributed by atoms with van der Waals surface area (Å²) in [7, 11) is -2.87. The number of hydrogen-bond acceptors (Lipinski definition) is 11. The first-order chi connectivity index (χ1) is 30.5. The number of halogens is 3. The Bertz CT molecular complexity index is 2760. The molecule has 0 spiro atoms. The predicted octanol–water partition coefficient (Wildman–Crippen LogP) is 4.91. The summed E-state index contributed by atoms with van der Waals surface area (Å²) in [4.78, 5) is 70.2. The van der Waals surface area contributed by atoms with Gasteiger partial charge in [-0.3, -0.25) is 29.3 Å². The lowest BCUT2D eigenvalue weighted by atomic mass is 9.87. The molecule has 17 nitrogen and oxygen atoms in total. The zero-order valence-electron chi connectivity index (χ0n) is 34.9. The minimum atomic E-state index is -4.16. The second-order valence-corrected chi connectivity index (χ2v) is 18.2. The molecule has 6 heterocycles. The van der Waals surface area contributed by atoms with Crippen molar-refractivity contribution in [3.8, 4) is 11.1 Å². The Kier molecular flexibility index (Phi) is 12.3. The highest BCUT2D eigenvalue weighted by atomic mass is 35.5. The number of nitrogens with one attached hydrogen (secondary N) is 3. The normalized spacial score (nSPS) is 17.0. The number of aliphatic hydroxyl groups is 1. The number of aromatic nitrogens is 3. The van der Waals surface area contributed by atoms with Gasteiger partial charge in [0.25, 0.3) is 0 Å². The van der Waals surface area contributed by atoms with Crippen molar-refractivity contribution >= 4 is 79.4 Å². The van der Waals surface area contributed by atoms with Crippen LogP contribution in [0.2, 0.25) is 5.02 Å². The molecular formula is C43H45ClF2N10O7S. The molecule has 0 saturated carbocycles. The van der Waals surface area contributed by atoms with Crippen molar-refractivity contribution in [2.75, 3.05) is 78.8 Å². The number of amides is 4. The fourth-order valence-electron chi connectivity index (χ4n) is 8.10. The molecule has 3 fully saturated rings. The molecule has 0 unspecified atom stereocenters. The Labute approximate surface area is 372 Å². The molecule has 0 radical (unpaired) electrons. The van der Waals surface area contributed by atoms with E-state index in [1.807, 2.05) is 23.1 Å². The average molecular weight is 919 g/mol. The summed E-state index contributed by atoms with van der Waals surface area (Å²) < 4.78 is 58.8. The maximum Gasteiger partial charge on any atom is 0.328 e. The van der Waals surface area contributed by atoms with Crippen LogP contribution in [0.25, 0.3) is 22.2 Å². The molecule has 64 heavy (non-hydrogen) atoms. The lowest BCUT2D eigenvalue weighted by Gasteiger charge is -2.41. The van der Waals surface area contributed by atoms with Crippen LogP contribution in [-0.2, 0) is 19.8 Å². The van der Waals surface area contributed by atoms with Crippen LogP contribution in [0, 0.1) is 11.6 Å². The van der Waals surface area contributed by atoms with E-state index in [2.05, 4.69) is 29.9 Å². The van der Waals surface area contributed by atoms with Gasteiger partial charge in [0.2, 0.25) is 17.6 Å². The van der Waals surface area contributed by atoms with E-state index in [1.54, 1.807) is 42.4 Å². The van der Waals surface area contributed by atoms with Crippen molar-refractivity contribution in [2.45, 2.75) is 38.2 Å². The number of carbonyl (C=O) groups is 4. The van der Waals surface area contributed by atoms with E-state index < -0.39 is 50.5 Å². The van der Waals surface area contributed by atoms with Crippen LogP contribution in [0.1, 0.15) is 48.5 Å². The van der Waals surface area contributed by atoms with Gasteiger partial charge >= 0.3 is 16.2 Å². The summed E-state index contributed by atoms with van der Waals surface area (Å²) in [6.07, 6.45) is 5.43. The van der Waals surface area contributed by atoms with Gasteiger partial charge in [-0.05, 0) is 61.4 Å². The third kappa shape index (κ3) is 8.95. The van der Waals surface area contributed by atoms with Gasteiger partial charge in [-0.1, -0.05) is 18.5 Å². The number of imide groups is 1. The van der Waals surface area contributed by atoms with Crippen molar-refractivity contribution in [3.05, 3.63) is 94.9 Å². The lowest BCUT2D eigenvalue weighted by molar-refractivity contribution is -0.137. The van der Waals surface area contributed by atoms with E-state index in [-0.39, 0.29) is 43.3 Å². The predicted molar refractivity (Wildman–Crippen MR) is 237 cm³/mol. The number of H-pyrrole nitrogens is 1. The Morgan fingerprint density at radius 2 is 1.67 bits per heavy atom. The Balaban J connectivity index is 0.862. The van der Waals surface area contributed by atoms with Gasteiger partial charge in [0.15, 0.2) is 5.82 Å². The standard InChI is InChI=1S/C43H45ClF2N10O7S/c1-3-52(2)64(62,63)51-33-7-6-32(45)38(39(33)46)40(59)30-25-49-41-29(30)20-27(24-48-41)26-4-9-35(47-23-26)54-16-18-55(19-17-54)37(58)22-43(61)11-14-53(15-12-43)34-8-5-28(21-31(34)44)56-13-10-36(57)50-42(56)60/h4-9,20-21,23-25,51,61H,3,10-19,22H2,1-2H3,(H,48,49)(H,50,57,60). The van der Waals surface area contributed by atoms with Gasteiger partial charge in [-0.25, -0.2) is 23.5 Å². The number of anilines is 4. The van der Waals surface area contributed by atoms with Crippen LogP contribution in [0.3, 0.4) is 0 Å². The largest absolute Gasteiger partial charge is 0.389 e. The number of ketones is 1. The molecule has 336 valence electrons. The van der Waals surface area contributed by atoms with Crippen LogP contribution < -0.4 is 24.7 Å². The van der Waals surface area contributed by atoms with Crippen molar-refractivity contribution < 1.29 is 41.5 Å². The highest BCUT2D eigenvalue weighted by Gasteiger charge is 2.37. The number of piperazine rings is 1. The molecule has 3 aliphatic rings. The molecule has 5 aromatic rings. The summed E-state index contributed by atoms with van der Waals surface area (Å²) in [5.41, 5.74) is 0.121. The van der Waals surface area contributed by atoms with Gasteiger partial charge < -0.3 is 24.8 Å². The molecule has 2 aromatic carbocycles. The minimum Gasteiger partial charge on any atom is -0.389 e. The van der Waals surface area contributed by atoms with Crippen LogP contribution >= 0.6 is 11.6 Å². The fourth-order valence-corrected chi connectivity index (χ4v) is 9.33. The van der Waals surface area contributed by atoms with E-state index in [0.29, 0.717) is 90.8 Å². The highest BCUT2D eigenvalue weighted by Crippen LogP contribution is 2.36. The molecule has 3 saturated heterocycles. The maximum absolute atomic E-state index is 15.6. The highest BCUT2D eigenvalue weighted by molar-refractivity contribution is 7.90. The number of urea groups is 1. The average Bonchev–Trinajstić information content (AvgIpc) is 3.71. The number of pyridine rings is 2. The van der Waals surface area contributed by atoms with Gasteiger partial charge in [0, 0.05) is 112 Å². The number of benzene rings is 2. The van der Waals surface area contributed by atoms with Crippen molar-refractivity contribution in [1.82, 2.24) is 29.5 Å². The third-order valence-electron chi connectivity index (χ3n) is 12.0. The molecule has 3 aliphatic heterocycles. The zero-order valence-corrected chi connectivity index (χ0v) is 36.5. The molecule has 8 rings (SSSR count). The summed E-state index contributed by atoms with van der Waals surface area (Å²) in [5.74, 6) is -3.29. The second kappa shape index (κ2) is 17.7. The molecule has 21 heteroatoms. The number of aromatic amines is 1. The summed E-state index contributed by atoms with van der Waals surface area (Å²) >= 11 is 6.64. The Morgan fingerprint density at radius 3 is 2.34 bits per heavy atom. The monoisotopic (exact) mass is 918 g/mol. The number of carbonyl (C=O) groups excluding carboxylic acids is 4. The lowest BCUT2D eigenvalue weighted by Crippen LogP contribution is -2.52. The molecule has 4 amide bonds. The van der Waals surface area contributed by atoms with E-state index in [9.17, 15) is 32.7 Å². The molecule has 3 aromatic heterocycles. The van der Waals surface area contributed by atoms with Gasteiger partial charge in [0.1, 0.15) is 17.3 Å². The first kappa shape index (κ1) is 44.4. The molecule has 0 aliphatic carbocycles. The first-order valence-corrected chi connectivity index (χ1v) is 22.5. The maximum atomic E-state index is 15.6. The minimum absolute atomic E-state index is 0.00918. The van der Waals surface area contributed by atoms with Crippen molar-refractivity contribution in [2.24, 2.45) is 0 Å². The van der Waals surface area contributed by atoms with E-state index in [1.165, 1.54) is 18.1 Å². The smallest absolute Gasteiger partial charge is 0.328 e. The van der Waals surface area contributed by atoms with Gasteiger partial charge in [-0.15, -0.1) is 0 Å². The Hall–Kier alpha value is -6.22. The van der Waals surface area contributed by atoms with Crippen LogP contribution in [0.15, 0.2) is 67.1 Å². The SMILES string of the molecule is CCN(C)S(=O)(=O)Nc1ccc(F)c(C(=O)c2c[nH]c3ncc(-c4ccc(N5CCN(C(=O)CC6(O)CCN(c7ccc(N8CCC(=O)NC8=O)cc7Cl)CC6)CC5)nc4)cc23)c1F. The molecule has 4 N–H and O–H groups in total. The number of rotatable bonds is 12. The topological polar surface area (TPSA) is 204 Å². The number of piperidine rings is 1.